The van der Waals surface area contributed by atoms with Gasteiger partial charge in [-0.25, -0.2) is 9.97 Å². The summed E-state index contributed by atoms with van der Waals surface area (Å²) in [6, 6.07) is 17.1. The largest absolute Gasteiger partial charge is 0.507 e. The van der Waals surface area contributed by atoms with E-state index in [1.807, 2.05) is 63.4 Å². The number of aromatic hydroxyl groups is 1. The number of benzene rings is 2. The van der Waals surface area contributed by atoms with Gasteiger partial charge in [0.05, 0.1) is 11.1 Å². The fourth-order valence-electron chi connectivity index (χ4n) is 4.01. The molecule has 0 radical (unpaired) electrons. The number of amides is 1. The number of rotatable bonds is 9. The number of pyridine rings is 1. The number of nitrogens with one attached hydrogen (secondary N) is 1. The highest BCUT2D eigenvalue weighted by atomic mass is 16.3. The molecule has 0 aliphatic carbocycles. The van der Waals surface area contributed by atoms with Crippen LogP contribution < -0.4 is 10.2 Å². The maximum Gasteiger partial charge on any atom is 0.220 e. The second-order valence-electron chi connectivity index (χ2n) is 8.95. The van der Waals surface area contributed by atoms with Crippen molar-refractivity contribution < 1.29 is 9.90 Å². The van der Waals surface area contributed by atoms with E-state index in [-0.39, 0.29) is 17.7 Å². The van der Waals surface area contributed by atoms with Gasteiger partial charge in [-0.3, -0.25) is 9.78 Å². The van der Waals surface area contributed by atoms with Crippen LogP contribution in [0.15, 0.2) is 67.0 Å². The minimum absolute atomic E-state index is 0.0202. The third kappa shape index (κ3) is 6.12. The number of phenols is 1. The van der Waals surface area contributed by atoms with Crippen LogP contribution >= 0.6 is 0 Å². The summed E-state index contributed by atoms with van der Waals surface area (Å²) in [5.74, 6) is 1.47. The van der Waals surface area contributed by atoms with E-state index >= 15 is 0 Å². The lowest BCUT2D eigenvalue weighted by Gasteiger charge is -2.23. The minimum atomic E-state index is 0.0202. The van der Waals surface area contributed by atoms with E-state index in [1.54, 1.807) is 24.5 Å². The fraction of sp³-hybridized carbons (Fsp3) is 0.286. The summed E-state index contributed by atoms with van der Waals surface area (Å²) < 4.78 is 0. The van der Waals surface area contributed by atoms with Crippen LogP contribution in [0.2, 0.25) is 0 Å². The molecule has 1 atom stereocenters. The Labute approximate surface area is 205 Å². The molecule has 0 aliphatic rings. The van der Waals surface area contributed by atoms with Gasteiger partial charge in [-0.1, -0.05) is 24.3 Å². The molecule has 2 N–H and O–H groups in total. The zero-order valence-corrected chi connectivity index (χ0v) is 20.4. The average molecular weight is 470 g/mol. The number of carbonyl (C=O) groups is 1. The zero-order valence-electron chi connectivity index (χ0n) is 20.4. The molecule has 0 spiro atoms. The Hall–Kier alpha value is -4.00. The maximum absolute atomic E-state index is 12.4. The fourth-order valence-corrected chi connectivity index (χ4v) is 4.01. The Morgan fingerprint density at radius 1 is 1.11 bits per heavy atom. The average Bonchev–Trinajstić information content (AvgIpc) is 2.86. The second kappa shape index (κ2) is 11.0. The van der Waals surface area contributed by atoms with Crippen LogP contribution in [0.3, 0.4) is 0 Å². The first-order chi connectivity index (χ1) is 16.9. The van der Waals surface area contributed by atoms with Gasteiger partial charge in [-0.05, 0) is 68.1 Å². The molecular weight excluding hydrogens is 438 g/mol. The normalized spacial score (nSPS) is 11.9. The Morgan fingerprint density at radius 2 is 1.94 bits per heavy atom. The van der Waals surface area contributed by atoms with Crippen LogP contribution in [-0.4, -0.2) is 45.6 Å². The van der Waals surface area contributed by atoms with Gasteiger partial charge >= 0.3 is 0 Å². The smallest absolute Gasteiger partial charge is 0.220 e. The van der Waals surface area contributed by atoms with E-state index in [2.05, 4.69) is 15.2 Å². The molecule has 0 aliphatic heterocycles. The first-order valence-corrected chi connectivity index (χ1v) is 11.9. The molecule has 180 valence electrons. The molecule has 2 heterocycles. The first kappa shape index (κ1) is 24.1. The summed E-state index contributed by atoms with van der Waals surface area (Å²) in [6.45, 7) is 4.75. The highest BCUT2D eigenvalue weighted by molar-refractivity contribution is 5.91. The van der Waals surface area contributed by atoms with Crippen molar-refractivity contribution in [3.63, 3.8) is 0 Å². The molecule has 7 heteroatoms. The van der Waals surface area contributed by atoms with E-state index in [0.29, 0.717) is 30.8 Å². The third-order valence-corrected chi connectivity index (χ3v) is 6.01. The van der Waals surface area contributed by atoms with Crippen LogP contribution in [0, 0.1) is 6.92 Å². The SMILES string of the molecule is Cc1ccc2c(N(C)CC[C@H](C)NC(=O)CCc3cccnc3)nc(-c3ccccc3O)nc2c1. The Kier molecular flexibility index (Phi) is 7.55. The minimum Gasteiger partial charge on any atom is -0.507 e. The Bertz CT molecular complexity index is 1310. The molecule has 7 nitrogen and oxygen atoms in total. The molecule has 0 fully saturated rings. The monoisotopic (exact) mass is 469 g/mol. The van der Waals surface area contributed by atoms with Gasteiger partial charge in [0.2, 0.25) is 5.91 Å². The lowest BCUT2D eigenvalue weighted by atomic mass is 10.1. The third-order valence-electron chi connectivity index (χ3n) is 6.01. The van der Waals surface area contributed by atoms with E-state index in [4.69, 9.17) is 9.97 Å². The second-order valence-corrected chi connectivity index (χ2v) is 8.95. The van der Waals surface area contributed by atoms with Crippen molar-refractivity contribution in [2.75, 3.05) is 18.5 Å². The van der Waals surface area contributed by atoms with Crippen LogP contribution in [-0.2, 0) is 11.2 Å². The standard InChI is InChI=1S/C28H31N5O2/c1-19-10-12-22-24(17-19)31-27(23-8-4-5-9-25(23)34)32-28(22)33(3)16-14-20(2)30-26(35)13-11-21-7-6-15-29-18-21/h4-10,12,15,17-18,20,34H,11,13-14,16H2,1-3H3,(H,30,35)/t20-/m0/s1. The summed E-state index contributed by atoms with van der Waals surface area (Å²) in [7, 11) is 1.99. The molecule has 35 heavy (non-hydrogen) atoms. The van der Waals surface area contributed by atoms with Crippen molar-refractivity contribution in [2.45, 2.75) is 39.2 Å². The van der Waals surface area contributed by atoms with Gasteiger partial charge in [0.15, 0.2) is 5.82 Å². The predicted octanol–water partition coefficient (Wildman–Crippen LogP) is 4.67. The van der Waals surface area contributed by atoms with Crippen LogP contribution in [0.5, 0.6) is 5.75 Å². The molecule has 4 aromatic rings. The summed E-state index contributed by atoms with van der Waals surface area (Å²) >= 11 is 0. The quantitative estimate of drug-likeness (QED) is 0.370. The van der Waals surface area contributed by atoms with E-state index in [1.165, 1.54) is 0 Å². The van der Waals surface area contributed by atoms with Gasteiger partial charge < -0.3 is 15.3 Å². The topological polar surface area (TPSA) is 91.2 Å². The number of aromatic nitrogens is 3. The number of hydrogen-bond donors (Lipinski definition) is 2. The van der Waals surface area contributed by atoms with E-state index in [0.717, 1.165) is 34.3 Å². The molecule has 1 amide bonds. The van der Waals surface area contributed by atoms with Crippen LogP contribution in [0.4, 0.5) is 5.82 Å². The van der Waals surface area contributed by atoms with Crippen molar-refractivity contribution >= 4 is 22.6 Å². The summed E-state index contributed by atoms with van der Waals surface area (Å²) in [6.07, 6.45) is 5.40. The summed E-state index contributed by atoms with van der Waals surface area (Å²) in [4.78, 5) is 28.1. The molecule has 0 bridgehead atoms. The summed E-state index contributed by atoms with van der Waals surface area (Å²) in [5, 5.41) is 14.4. The van der Waals surface area contributed by atoms with Crippen molar-refractivity contribution in [3.8, 4) is 17.1 Å². The van der Waals surface area contributed by atoms with Crippen molar-refractivity contribution in [2.24, 2.45) is 0 Å². The van der Waals surface area contributed by atoms with Gasteiger partial charge in [-0.15, -0.1) is 0 Å². The number of anilines is 1. The molecule has 0 saturated heterocycles. The Balaban J connectivity index is 1.45. The molecule has 2 aromatic carbocycles. The van der Waals surface area contributed by atoms with Crippen molar-refractivity contribution in [1.82, 2.24) is 20.3 Å². The lowest BCUT2D eigenvalue weighted by molar-refractivity contribution is -0.121. The Morgan fingerprint density at radius 3 is 2.71 bits per heavy atom. The van der Waals surface area contributed by atoms with Crippen LogP contribution in [0.25, 0.3) is 22.3 Å². The highest BCUT2D eigenvalue weighted by Crippen LogP contribution is 2.31. The number of fused-ring (bicyclic) bond motifs is 1. The number of carbonyl (C=O) groups excluding carboxylic acids is 1. The molecular formula is C28H31N5O2. The summed E-state index contributed by atoms with van der Waals surface area (Å²) in [5.41, 5.74) is 3.59. The maximum atomic E-state index is 12.4. The van der Waals surface area contributed by atoms with E-state index in [9.17, 15) is 9.90 Å². The van der Waals surface area contributed by atoms with Crippen molar-refractivity contribution in [1.29, 1.82) is 0 Å². The number of aryl methyl sites for hydroxylation is 2. The predicted molar refractivity (Wildman–Crippen MR) is 139 cm³/mol. The van der Waals surface area contributed by atoms with Gasteiger partial charge in [0, 0.05) is 43.8 Å². The number of hydrogen-bond acceptors (Lipinski definition) is 6. The first-order valence-electron chi connectivity index (χ1n) is 11.9. The van der Waals surface area contributed by atoms with Gasteiger partial charge in [0.25, 0.3) is 0 Å². The molecule has 2 aromatic heterocycles. The van der Waals surface area contributed by atoms with Gasteiger partial charge in [-0.2, -0.15) is 0 Å². The molecule has 0 saturated carbocycles. The number of para-hydroxylation sites is 1. The molecule has 0 unspecified atom stereocenters. The lowest BCUT2D eigenvalue weighted by Crippen LogP contribution is -2.35. The molecule has 4 rings (SSSR count). The van der Waals surface area contributed by atoms with Crippen molar-refractivity contribution in [3.05, 3.63) is 78.1 Å². The number of phenolic OH excluding ortho intramolecular Hbond substituents is 1. The van der Waals surface area contributed by atoms with Gasteiger partial charge in [0.1, 0.15) is 11.6 Å². The van der Waals surface area contributed by atoms with E-state index < -0.39 is 0 Å². The number of nitrogens with zero attached hydrogens (tertiary/aromatic N) is 4. The highest BCUT2D eigenvalue weighted by Gasteiger charge is 2.16. The van der Waals surface area contributed by atoms with Crippen LogP contribution in [0.1, 0.15) is 30.9 Å². The zero-order chi connectivity index (χ0) is 24.8.